The van der Waals surface area contributed by atoms with E-state index < -0.39 is 11.9 Å². The first-order chi connectivity index (χ1) is 13.0. The summed E-state index contributed by atoms with van der Waals surface area (Å²) in [4.78, 5) is 11.3. The molecule has 0 radical (unpaired) electrons. The molecule has 2 heterocycles. The minimum Gasteiger partial charge on any atom is -0.493 e. The van der Waals surface area contributed by atoms with E-state index in [0.717, 1.165) is 16.8 Å². The van der Waals surface area contributed by atoms with Crippen LogP contribution < -0.4 is 19.9 Å². The molecule has 1 atom stereocenters. The Kier molecular flexibility index (Phi) is 4.90. The second-order valence-corrected chi connectivity index (χ2v) is 5.77. The number of nitriles is 1. The Hall–Kier alpha value is -3.67. The van der Waals surface area contributed by atoms with Crippen LogP contribution in [0.4, 0.5) is 0 Å². The molecule has 1 aromatic carbocycles. The molecule has 140 valence electrons. The van der Waals surface area contributed by atoms with E-state index in [1.165, 1.54) is 14.2 Å². The molecule has 1 aromatic heterocycles. The molecule has 0 bridgehead atoms. The van der Waals surface area contributed by atoms with Crippen molar-refractivity contribution in [3.8, 4) is 23.4 Å². The fraction of sp³-hybridized carbons (Fsp3) is 0.278. The highest BCUT2D eigenvalue weighted by Gasteiger charge is 2.34. The van der Waals surface area contributed by atoms with Gasteiger partial charge in [-0.3, -0.25) is 5.10 Å². The second-order valence-electron chi connectivity index (χ2n) is 5.77. The van der Waals surface area contributed by atoms with Gasteiger partial charge in [-0.05, 0) is 24.6 Å². The van der Waals surface area contributed by atoms with Crippen molar-refractivity contribution in [3.05, 3.63) is 46.5 Å². The third kappa shape index (κ3) is 3.25. The van der Waals surface area contributed by atoms with Crippen LogP contribution in [0.5, 0.6) is 17.4 Å². The average molecular weight is 370 g/mol. The number of methoxy groups -OCH3 is 2. The molecule has 1 aliphatic heterocycles. The number of aromatic nitrogens is 2. The van der Waals surface area contributed by atoms with Crippen LogP contribution in [-0.2, 0) is 9.53 Å². The maximum Gasteiger partial charge on any atom is 0.343 e. The van der Waals surface area contributed by atoms with Crippen molar-refractivity contribution in [2.75, 3.05) is 20.8 Å². The Morgan fingerprint density at radius 2 is 2.19 bits per heavy atom. The largest absolute Gasteiger partial charge is 0.493 e. The Balaban J connectivity index is 2.04. The minimum absolute atomic E-state index is 0.00600. The van der Waals surface area contributed by atoms with Gasteiger partial charge >= 0.3 is 5.97 Å². The predicted molar refractivity (Wildman–Crippen MR) is 93.1 cm³/mol. The van der Waals surface area contributed by atoms with Gasteiger partial charge in [-0.25, -0.2) is 4.79 Å². The monoisotopic (exact) mass is 370 g/mol. The summed E-state index contributed by atoms with van der Waals surface area (Å²) in [6.45, 7) is 1.59. The van der Waals surface area contributed by atoms with Gasteiger partial charge < -0.3 is 24.7 Å². The van der Waals surface area contributed by atoms with Crippen LogP contribution in [0.15, 0.2) is 29.7 Å². The fourth-order valence-electron chi connectivity index (χ4n) is 2.91. The summed E-state index contributed by atoms with van der Waals surface area (Å²) in [5.74, 6) is 0.137. The predicted octanol–water partition coefficient (Wildman–Crippen LogP) is 1.50. The molecule has 0 fully saturated rings. The standard InChI is InChI=1S/C18H18N4O5/c1-9-15-16(11(7-19)17(20)27-18(15)22-21-9)10-4-5-12(13(6-10)24-2)26-8-14(23)25-3/h4-6,16H,8,20H2,1-3H3,(H,21,22)/t16-/m1/s1. The van der Waals surface area contributed by atoms with Crippen molar-refractivity contribution in [2.24, 2.45) is 5.73 Å². The lowest BCUT2D eigenvalue weighted by Gasteiger charge is -2.24. The number of nitrogens with zero attached hydrogens (tertiary/aromatic N) is 2. The zero-order valence-electron chi connectivity index (χ0n) is 15.0. The maximum absolute atomic E-state index is 11.3. The molecule has 1 aliphatic rings. The number of nitrogens with two attached hydrogens (primary N) is 1. The number of allylic oxidation sites excluding steroid dienone is 1. The van der Waals surface area contributed by atoms with E-state index in [4.69, 9.17) is 19.9 Å². The van der Waals surface area contributed by atoms with E-state index in [2.05, 4.69) is 21.0 Å². The number of fused-ring (bicyclic) bond motifs is 1. The molecule has 3 rings (SSSR count). The van der Waals surface area contributed by atoms with Crippen molar-refractivity contribution < 1.29 is 23.7 Å². The summed E-state index contributed by atoms with van der Waals surface area (Å²) >= 11 is 0. The molecule has 2 aromatic rings. The van der Waals surface area contributed by atoms with Crippen LogP contribution in [-0.4, -0.2) is 37.0 Å². The number of carbonyl (C=O) groups excluding carboxylic acids is 1. The number of carbonyl (C=O) groups is 1. The number of aryl methyl sites for hydroxylation is 1. The summed E-state index contributed by atoms with van der Waals surface area (Å²) in [6, 6.07) is 7.27. The number of ether oxygens (including phenoxy) is 4. The maximum atomic E-state index is 11.3. The summed E-state index contributed by atoms with van der Waals surface area (Å²) in [5.41, 5.74) is 8.42. The van der Waals surface area contributed by atoms with Crippen LogP contribution in [0.3, 0.4) is 0 Å². The number of benzene rings is 1. The topological polar surface area (TPSA) is 132 Å². The molecule has 0 spiro atoms. The highest BCUT2D eigenvalue weighted by atomic mass is 16.6. The Bertz CT molecular complexity index is 957. The summed E-state index contributed by atoms with van der Waals surface area (Å²) in [7, 11) is 2.76. The van der Waals surface area contributed by atoms with E-state index >= 15 is 0 Å². The molecule has 9 heteroatoms. The van der Waals surface area contributed by atoms with E-state index in [1.807, 2.05) is 6.92 Å². The molecule has 3 N–H and O–H groups in total. The van der Waals surface area contributed by atoms with Crippen molar-refractivity contribution in [1.29, 1.82) is 5.26 Å². The molecule has 0 amide bonds. The quantitative estimate of drug-likeness (QED) is 0.757. The first-order valence-corrected chi connectivity index (χ1v) is 8.00. The zero-order valence-corrected chi connectivity index (χ0v) is 15.0. The third-order valence-corrected chi connectivity index (χ3v) is 4.22. The van der Waals surface area contributed by atoms with E-state index in [-0.39, 0.29) is 18.1 Å². The molecular weight excluding hydrogens is 352 g/mol. The number of nitrogens with one attached hydrogen (secondary N) is 1. The number of H-pyrrole nitrogens is 1. The van der Waals surface area contributed by atoms with Gasteiger partial charge in [0.2, 0.25) is 11.8 Å². The van der Waals surface area contributed by atoms with Gasteiger partial charge in [-0.15, -0.1) is 5.10 Å². The van der Waals surface area contributed by atoms with E-state index in [9.17, 15) is 10.1 Å². The number of rotatable bonds is 5. The lowest BCUT2D eigenvalue weighted by Crippen LogP contribution is -2.21. The number of hydrogen-bond donors (Lipinski definition) is 2. The van der Waals surface area contributed by atoms with Crippen LogP contribution in [0.25, 0.3) is 0 Å². The molecule has 9 nitrogen and oxygen atoms in total. The molecular formula is C18H18N4O5. The van der Waals surface area contributed by atoms with E-state index in [0.29, 0.717) is 17.4 Å². The Morgan fingerprint density at radius 1 is 1.41 bits per heavy atom. The lowest BCUT2D eigenvalue weighted by molar-refractivity contribution is -0.142. The van der Waals surface area contributed by atoms with Gasteiger partial charge in [0.1, 0.15) is 11.6 Å². The van der Waals surface area contributed by atoms with Crippen LogP contribution >= 0.6 is 0 Å². The molecule has 0 saturated carbocycles. The zero-order chi connectivity index (χ0) is 19.6. The van der Waals surface area contributed by atoms with Gasteiger partial charge in [0.15, 0.2) is 18.1 Å². The molecule has 27 heavy (non-hydrogen) atoms. The van der Waals surface area contributed by atoms with E-state index in [1.54, 1.807) is 18.2 Å². The van der Waals surface area contributed by atoms with Gasteiger partial charge in [-0.2, -0.15) is 5.26 Å². The fourth-order valence-corrected chi connectivity index (χ4v) is 2.91. The summed E-state index contributed by atoms with van der Waals surface area (Å²) in [5, 5.41) is 16.5. The number of aromatic amines is 1. The van der Waals surface area contributed by atoms with Gasteiger partial charge in [-0.1, -0.05) is 6.07 Å². The van der Waals surface area contributed by atoms with Gasteiger partial charge in [0, 0.05) is 11.3 Å². The SMILES string of the molecule is COC(=O)COc1ccc([C@@H]2C(C#N)=C(N)Oc3n[nH]c(C)c32)cc1OC. The van der Waals surface area contributed by atoms with Crippen molar-refractivity contribution in [2.45, 2.75) is 12.8 Å². The lowest BCUT2D eigenvalue weighted by atomic mass is 9.84. The molecule has 0 unspecified atom stereocenters. The smallest absolute Gasteiger partial charge is 0.343 e. The van der Waals surface area contributed by atoms with Crippen LogP contribution in [0.1, 0.15) is 22.7 Å². The summed E-state index contributed by atoms with van der Waals surface area (Å²) in [6.07, 6.45) is 0. The highest BCUT2D eigenvalue weighted by Crippen LogP contribution is 2.44. The number of esters is 1. The van der Waals surface area contributed by atoms with Crippen molar-refractivity contribution in [3.63, 3.8) is 0 Å². The highest BCUT2D eigenvalue weighted by molar-refractivity contribution is 5.71. The Morgan fingerprint density at radius 3 is 2.85 bits per heavy atom. The van der Waals surface area contributed by atoms with Gasteiger partial charge in [0.05, 0.1) is 20.1 Å². The second kappa shape index (κ2) is 7.29. The first-order valence-electron chi connectivity index (χ1n) is 8.00. The van der Waals surface area contributed by atoms with Crippen molar-refractivity contribution >= 4 is 5.97 Å². The number of hydrogen-bond acceptors (Lipinski definition) is 8. The van der Waals surface area contributed by atoms with Gasteiger partial charge in [0.25, 0.3) is 0 Å². The normalized spacial score (nSPS) is 15.4. The van der Waals surface area contributed by atoms with Crippen LogP contribution in [0, 0.1) is 18.3 Å². The third-order valence-electron chi connectivity index (χ3n) is 4.22. The summed E-state index contributed by atoms with van der Waals surface area (Å²) < 4.78 is 20.8. The minimum atomic E-state index is -0.508. The molecule has 0 aliphatic carbocycles. The molecule has 0 saturated heterocycles. The Labute approximate surface area is 155 Å². The van der Waals surface area contributed by atoms with Crippen LogP contribution in [0.2, 0.25) is 0 Å². The first kappa shape index (κ1) is 18.1. The van der Waals surface area contributed by atoms with Crippen molar-refractivity contribution in [1.82, 2.24) is 10.2 Å². The average Bonchev–Trinajstić information content (AvgIpc) is 3.04.